The summed E-state index contributed by atoms with van der Waals surface area (Å²) in [4.78, 5) is 8.09. The molecular weight excluding hydrogens is 256 g/mol. The summed E-state index contributed by atoms with van der Waals surface area (Å²) in [5, 5.41) is 10.4. The molecule has 0 saturated heterocycles. The average molecular weight is 270 g/mol. The van der Waals surface area contributed by atoms with E-state index in [2.05, 4.69) is 25.4 Å². The zero-order valence-electron chi connectivity index (χ0n) is 10.9. The van der Waals surface area contributed by atoms with Gasteiger partial charge in [0.05, 0.1) is 0 Å². The molecule has 1 unspecified atom stereocenters. The summed E-state index contributed by atoms with van der Waals surface area (Å²) in [7, 11) is 0. The standard InChI is InChI=1S/C13H14N6O/c1-2-9(8-6-4-3-5-7-8)20-12-10-11(18-19-17-10)15-13(14)16-12/h3-7,9H,2H2,1H3,(H3,14,15,16,17,18,19). The van der Waals surface area contributed by atoms with Gasteiger partial charge in [-0.2, -0.15) is 15.2 Å². The Bertz CT molecular complexity index is 711. The van der Waals surface area contributed by atoms with E-state index in [1.807, 2.05) is 37.3 Å². The highest BCUT2D eigenvalue weighted by atomic mass is 16.5. The first-order valence-electron chi connectivity index (χ1n) is 6.33. The molecule has 0 bridgehead atoms. The number of ether oxygens (including phenoxy) is 1. The molecule has 1 atom stereocenters. The lowest BCUT2D eigenvalue weighted by atomic mass is 10.1. The van der Waals surface area contributed by atoms with Crippen molar-refractivity contribution in [2.24, 2.45) is 0 Å². The minimum atomic E-state index is -0.120. The van der Waals surface area contributed by atoms with Gasteiger partial charge in [0.15, 0.2) is 5.52 Å². The van der Waals surface area contributed by atoms with Crippen molar-refractivity contribution in [2.75, 3.05) is 5.73 Å². The summed E-state index contributed by atoms with van der Waals surface area (Å²) < 4.78 is 5.95. The molecular formula is C13H14N6O. The van der Waals surface area contributed by atoms with Gasteiger partial charge in [0.2, 0.25) is 17.5 Å². The maximum absolute atomic E-state index is 5.95. The third-order valence-electron chi connectivity index (χ3n) is 2.96. The molecule has 3 rings (SSSR count). The number of nitrogens with two attached hydrogens (primary N) is 1. The Labute approximate surface area is 115 Å². The number of aromatic amines is 1. The number of nitrogen functional groups attached to an aromatic ring is 1. The minimum Gasteiger partial charge on any atom is -0.468 e. The largest absolute Gasteiger partial charge is 0.468 e. The molecule has 3 aromatic rings. The van der Waals surface area contributed by atoms with E-state index in [0.29, 0.717) is 17.0 Å². The number of aromatic nitrogens is 5. The monoisotopic (exact) mass is 270 g/mol. The number of hydrogen-bond donors (Lipinski definition) is 2. The molecule has 0 amide bonds. The Morgan fingerprint density at radius 3 is 2.75 bits per heavy atom. The summed E-state index contributed by atoms with van der Waals surface area (Å²) >= 11 is 0. The lowest BCUT2D eigenvalue weighted by Gasteiger charge is -2.17. The van der Waals surface area contributed by atoms with Gasteiger partial charge in [0.1, 0.15) is 6.10 Å². The smallest absolute Gasteiger partial charge is 0.249 e. The van der Waals surface area contributed by atoms with Gasteiger partial charge >= 0.3 is 0 Å². The summed E-state index contributed by atoms with van der Waals surface area (Å²) in [6.45, 7) is 2.04. The number of hydrogen-bond acceptors (Lipinski definition) is 6. The zero-order chi connectivity index (χ0) is 13.9. The third-order valence-corrected chi connectivity index (χ3v) is 2.96. The Morgan fingerprint density at radius 2 is 2.00 bits per heavy atom. The van der Waals surface area contributed by atoms with Gasteiger partial charge in [-0.15, -0.1) is 10.2 Å². The Morgan fingerprint density at radius 1 is 1.20 bits per heavy atom. The fourth-order valence-electron chi connectivity index (χ4n) is 2.01. The van der Waals surface area contributed by atoms with Crippen LogP contribution in [-0.2, 0) is 0 Å². The van der Waals surface area contributed by atoms with Crippen LogP contribution in [-0.4, -0.2) is 25.4 Å². The van der Waals surface area contributed by atoms with Gasteiger partial charge in [0.25, 0.3) is 0 Å². The van der Waals surface area contributed by atoms with E-state index >= 15 is 0 Å². The van der Waals surface area contributed by atoms with Crippen molar-refractivity contribution in [2.45, 2.75) is 19.4 Å². The highest BCUT2D eigenvalue weighted by molar-refractivity contribution is 5.75. The minimum absolute atomic E-state index is 0.115. The molecule has 1 aromatic carbocycles. The van der Waals surface area contributed by atoms with Gasteiger partial charge < -0.3 is 10.5 Å². The van der Waals surface area contributed by atoms with Crippen molar-refractivity contribution in [3.63, 3.8) is 0 Å². The Balaban J connectivity index is 1.97. The number of nitrogens with one attached hydrogen (secondary N) is 1. The van der Waals surface area contributed by atoms with Crippen molar-refractivity contribution < 1.29 is 4.74 Å². The maximum atomic E-state index is 5.95. The van der Waals surface area contributed by atoms with E-state index in [0.717, 1.165) is 12.0 Å². The molecule has 0 saturated carbocycles. The van der Waals surface area contributed by atoms with Crippen LogP contribution in [0.1, 0.15) is 25.0 Å². The Hall–Kier alpha value is -2.70. The van der Waals surface area contributed by atoms with Crippen LogP contribution in [0.25, 0.3) is 11.2 Å². The molecule has 0 aliphatic rings. The van der Waals surface area contributed by atoms with E-state index in [4.69, 9.17) is 10.5 Å². The molecule has 0 spiro atoms. The van der Waals surface area contributed by atoms with Crippen LogP contribution in [0.15, 0.2) is 30.3 Å². The fourth-order valence-corrected chi connectivity index (χ4v) is 2.01. The molecule has 2 aromatic heterocycles. The van der Waals surface area contributed by atoms with Gasteiger partial charge in [-0.1, -0.05) is 37.3 Å². The lowest BCUT2D eigenvalue weighted by molar-refractivity contribution is 0.195. The molecule has 2 heterocycles. The topological polar surface area (TPSA) is 103 Å². The fraction of sp³-hybridized carbons (Fsp3) is 0.231. The predicted molar refractivity (Wildman–Crippen MR) is 74.0 cm³/mol. The van der Waals surface area contributed by atoms with E-state index in [9.17, 15) is 0 Å². The van der Waals surface area contributed by atoms with E-state index in [1.165, 1.54) is 0 Å². The summed E-state index contributed by atoms with van der Waals surface area (Å²) in [6.07, 6.45) is 0.679. The second kappa shape index (κ2) is 5.12. The average Bonchev–Trinajstić information content (AvgIpc) is 2.93. The normalized spacial score (nSPS) is 12.4. The van der Waals surface area contributed by atoms with Gasteiger partial charge in [-0.3, -0.25) is 0 Å². The first-order valence-corrected chi connectivity index (χ1v) is 6.33. The highest BCUT2D eigenvalue weighted by Gasteiger charge is 2.17. The number of anilines is 1. The second-order valence-electron chi connectivity index (χ2n) is 4.31. The van der Waals surface area contributed by atoms with Crippen LogP contribution >= 0.6 is 0 Å². The van der Waals surface area contributed by atoms with E-state index in [-0.39, 0.29) is 12.1 Å². The quantitative estimate of drug-likeness (QED) is 0.750. The lowest BCUT2D eigenvalue weighted by Crippen LogP contribution is -2.09. The maximum Gasteiger partial charge on any atom is 0.249 e. The molecule has 7 heteroatoms. The van der Waals surface area contributed by atoms with Crippen LogP contribution in [0.5, 0.6) is 5.88 Å². The van der Waals surface area contributed by atoms with Crippen LogP contribution in [0.4, 0.5) is 5.95 Å². The third kappa shape index (κ3) is 2.25. The molecule has 0 fully saturated rings. The molecule has 3 N–H and O–H groups in total. The van der Waals surface area contributed by atoms with E-state index in [1.54, 1.807) is 0 Å². The molecule has 0 aliphatic carbocycles. The highest BCUT2D eigenvalue weighted by Crippen LogP contribution is 2.27. The summed E-state index contributed by atoms with van der Waals surface area (Å²) in [5.41, 5.74) is 7.61. The number of rotatable bonds is 4. The zero-order valence-corrected chi connectivity index (χ0v) is 10.9. The molecule has 102 valence electrons. The van der Waals surface area contributed by atoms with E-state index < -0.39 is 0 Å². The molecule has 7 nitrogen and oxygen atoms in total. The van der Waals surface area contributed by atoms with Gasteiger partial charge in [-0.05, 0) is 12.0 Å². The summed E-state index contributed by atoms with van der Waals surface area (Å²) in [6, 6.07) is 9.94. The van der Waals surface area contributed by atoms with Crippen molar-refractivity contribution in [1.82, 2.24) is 25.4 Å². The molecule has 0 aliphatic heterocycles. The first kappa shape index (κ1) is 12.3. The van der Waals surface area contributed by atoms with Crippen molar-refractivity contribution in [1.29, 1.82) is 0 Å². The number of fused-ring (bicyclic) bond motifs is 1. The summed E-state index contributed by atoms with van der Waals surface area (Å²) in [5.74, 6) is 0.460. The van der Waals surface area contributed by atoms with Crippen molar-refractivity contribution >= 4 is 17.1 Å². The molecule has 0 radical (unpaired) electrons. The van der Waals surface area contributed by atoms with Crippen LogP contribution in [0.3, 0.4) is 0 Å². The predicted octanol–water partition coefficient (Wildman–Crippen LogP) is 1.86. The Kier molecular flexibility index (Phi) is 3.16. The van der Waals surface area contributed by atoms with Crippen molar-refractivity contribution in [3.05, 3.63) is 35.9 Å². The number of benzene rings is 1. The number of H-pyrrole nitrogens is 1. The van der Waals surface area contributed by atoms with Crippen LogP contribution < -0.4 is 10.5 Å². The van der Waals surface area contributed by atoms with Gasteiger partial charge in [0, 0.05) is 0 Å². The van der Waals surface area contributed by atoms with Crippen molar-refractivity contribution in [3.8, 4) is 5.88 Å². The number of nitrogens with zero attached hydrogens (tertiary/aromatic N) is 4. The van der Waals surface area contributed by atoms with Crippen LogP contribution in [0, 0.1) is 0 Å². The van der Waals surface area contributed by atoms with Crippen LogP contribution in [0.2, 0.25) is 0 Å². The SMILES string of the molecule is CCC(Oc1nc(N)nc2n[nH]nc12)c1ccccc1. The van der Waals surface area contributed by atoms with Gasteiger partial charge in [-0.25, -0.2) is 0 Å². The molecule has 20 heavy (non-hydrogen) atoms. The second-order valence-corrected chi connectivity index (χ2v) is 4.31. The first-order chi connectivity index (χ1) is 9.78.